The predicted molar refractivity (Wildman–Crippen MR) is 115 cm³/mol. The highest BCUT2D eigenvalue weighted by Gasteiger charge is 2.24. The molecule has 0 atom stereocenters. The van der Waals surface area contributed by atoms with Gasteiger partial charge in [0.1, 0.15) is 0 Å². The third-order valence-electron chi connectivity index (χ3n) is 4.60. The van der Waals surface area contributed by atoms with Gasteiger partial charge in [-0.2, -0.15) is 0 Å². The first-order valence-electron chi connectivity index (χ1n) is 8.65. The summed E-state index contributed by atoms with van der Waals surface area (Å²) in [6, 6.07) is 11.0. The van der Waals surface area contributed by atoms with Crippen LogP contribution in [0.25, 0.3) is 0 Å². The molecule has 0 heterocycles. The lowest BCUT2D eigenvalue weighted by Crippen LogP contribution is -2.08. The Morgan fingerprint density at radius 3 is 2.00 bits per heavy atom. The number of carbonyl (C=O) groups excluding carboxylic acids is 3. The maximum absolute atomic E-state index is 11.6. The molecule has 150 valence electrons. The zero-order valence-corrected chi connectivity index (χ0v) is 16.1. The molecule has 5 heteroatoms. The zero-order chi connectivity index (χ0) is 18.7. The van der Waals surface area contributed by atoms with E-state index in [0.717, 1.165) is 22.0 Å². The summed E-state index contributed by atoms with van der Waals surface area (Å²) in [5.41, 5.74) is 4.15. The van der Waals surface area contributed by atoms with Crippen LogP contribution in [0.4, 0.5) is 0 Å². The monoisotopic (exact) mass is 446 g/mol. The third kappa shape index (κ3) is 4.76. The number of Topliss-reactive ketones (excluding diaryl/α,β-unsaturated/α-hetero) is 2. The summed E-state index contributed by atoms with van der Waals surface area (Å²) in [4.78, 5) is 34.2. The molecule has 0 unspecified atom stereocenters. The molecule has 2 aliphatic carbocycles. The largest absolute Gasteiger partial charge is 0.462 e. The fraction of sp³-hybridized carbons (Fsp3) is 0.348. The van der Waals surface area contributed by atoms with Crippen molar-refractivity contribution in [3.63, 3.8) is 0 Å². The van der Waals surface area contributed by atoms with Crippen LogP contribution >= 0.6 is 15.9 Å². The van der Waals surface area contributed by atoms with Gasteiger partial charge in [0.15, 0.2) is 11.6 Å². The Labute approximate surface area is 175 Å². The van der Waals surface area contributed by atoms with Crippen LogP contribution in [-0.2, 0) is 17.6 Å². The van der Waals surface area contributed by atoms with Crippen LogP contribution in [0.2, 0.25) is 0 Å². The molecule has 0 amide bonds. The second-order valence-corrected chi connectivity index (χ2v) is 7.02. The fourth-order valence-electron chi connectivity index (χ4n) is 3.34. The van der Waals surface area contributed by atoms with Crippen LogP contribution in [0.15, 0.2) is 40.9 Å². The van der Waals surface area contributed by atoms with Crippen LogP contribution in [0.5, 0.6) is 0 Å². The summed E-state index contributed by atoms with van der Waals surface area (Å²) in [6.07, 6.45) is 2.74. The minimum absolute atomic E-state index is 0. The summed E-state index contributed by atoms with van der Waals surface area (Å²) in [5.74, 6) is 0.0708. The Morgan fingerprint density at radius 2 is 1.43 bits per heavy atom. The summed E-state index contributed by atoms with van der Waals surface area (Å²) < 4.78 is 6.01. The van der Waals surface area contributed by atoms with Gasteiger partial charge in [0.05, 0.1) is 12.2 Å². The highest BCUT2D eigenvalue weighted by Crippen LogP contribution is 2.28. The van der Waals surface area contributed by atoms with Crippen molar-refractivity contribution in [2.75, 3.05) is 6.61 Å². The number of carbonyl (C=O) groups is 3. The van der Waals surface area contributed by atoms with Crippen molar-refractivity contribution < 1.29 is 19.1 Å². The van der Waals surface area contributed by atoms with E-state index >= 15 is 0 Å². The molecule has 0 N–H and O–H groups in total. The number of halogens is 1. The summed E-state index contributed by atoms with van der Waals surface area (Å²) in [6.45, 7) is 2.13. The van der Waals surface area contributed by atoms with E-state index in [4.69, 9.17) is 4.74 Å². The Balaban J connectivity index is 0.000000271. The van der Waals surface area contributed by atoms with Gasteiger partial charge in [0, 0.05) is 28.4 Å². The lowest BCUT2D eigenvalue weighted by Gasteiger charge is -2.06. The van der Waals surface area contributed by atoms with E-state index in [2.05, 4.69) is 15.9 Å². The molecular weight excluding hydrogens is 420 g/mol. The Morgan fingerprint density at radius 1 is 0.893 bits per heavy atom. The number of esters is 1. The second kappa shape index (κ2) is 10.3. The molecule has 0 radical (unpaired) electrons. The molecule has 4 rings (SSSR count). The number of hydrogen-bond acceptors (Lipinski definition) is 4. The van der Waals surface area contributed by atoms with Gasteiger partial charge in [-0.05, 0) is 43.0 Å². The van der Waals surface area contributed by atoms with Crippen LogP contribution in [-0.4, -0.2) is 24.1 Å². The van der Waals surface area contributed by atoms with E-state index in [1.165, 1.54) is 5.56 Å². The molecule has 2 aliphatic rings. The Kier molecular flexibility index (Phi) is 8.76. The summed E-state index contributed by atoms with van der Waals surface area (Å²) >= 11 is 3.42. The third-order valence-corrected chi connectivity index (χ3v) is 5.34. The van der Waals surface area contributed by atoms with Gasteiger partial charge in [0.25, 0.3) is 0 Å². The van der Waals surface area contributed by atoms with E-state index < -0.39 is 0 Å². The van der Waals surface area contributed by atoms with Gasteiger partial charge in [-0.25, -0.2) is 4.79 Å². The molecule has 28 heavy (non-hydrogen) atoms. The molecular formula is C23H27BrO4. The minimum Gasteiger partial charge on any atom is -0.462 e. The highest BCUT2D eigenvalue weighted by atomic mass is 79.9. The van der Waals surface area contributed by atoms with Crippen molar-refractivity contribution in [3.8, 4) is 0 Å². The first-order valence-corrected chi connectivity index (χ1v) is 9.45. The van der Waals surface area contributed by atoms with Crippen molar-refractivity contribution in [2.24, 2.45) is 0 Å². The van der Waals surface area contributed by atoms with Gasteiger partial charge in [-0.3, -0.25) is 9.59 Å². The van der Waals surface area contributed by atoms with Crippen LogP contribution in [0.1, 0.15) is 76.8 Å². The van der Waals surface area contributed by atoms with Gasteiger partial charge in [-0.1, -0.05) is 55.0 Å². The maximum Gasteiger partial charge on any atom is 0.338 e. The first kappa shape index (κ1) is 23.8. The smallest absolute Gasteiger partial charge is 0.338 e. The quantitative estimate of drug-likeness (QED) is 0.543. The second-order valence-electron chi connectivity index (χ2n) is 6.16. The van der Waals surface area contributed by atoms with Gasteiger partial charge in [-0.15, -0.1) is 0 Å². The van der Waals surface area contributed by atoms with Gasteiger partial charge < -0.3 is 4.74 Å². The molecule has 0 fully saturated rings. The molecule has 0 saturated carbocycles. The lowest BCUT2D eigenvalue weighted by molar-refractivity contribution is 0.0525. The minimum atomic E-state index is -0.330. The predicted octanol–water partition coefficient (Wildman–Crippen LogP) is 5.84. The van der Waals surface area contributed by atoms with Crippen LogP contribution < -0.4 is 0 Å². The molecule has 2 aromatic carbocycles. The van der Waals surface area contributed by atoms with Crippen LogP contribution in [0, 0.1) is 0 Å². The van der Waals surface area contributed by atoms with E-state index in [0.29, 0.717) is 37.0 Å². The van der Waals surface area contributed by atoms with E-state index in [1.54, 1.807) is 25.1 Å². The van der Waals surface area contributed by atoms with Crippen molar-refractivity contribution in [2.45, 2.75) is 47.5 Å². The fourth-order valence-corrected chi connectivity index (χ4v) is 3.90. The molecule has 0 bridgehead atoms. The normalized spacial score (nSPS) is 13.4. The van der Waals surface area contributed by atoms with Crippen molar-refractivity contribution in [1.29, 1.82) is 0 Å². The van der Waals surface area contributed by atoms with Gasteiger partial charge >= 0.3 is 5.97 Å². The molecule has 0 spiro atoms. The average Bonchev–Trinajstić information content (AvgIpc) is 3.20. The molecule has 0 saturated heterocycles. The van der Waals surface area contributed by atoms with Crippen molar-refractivity contribution in [3.05, 3.63) is 68.7 Å². The number of ketones is 2. The molecule has 0 aliphatic heterocycles. The van der Waals surface area contributed by atoms with E-state index in [-0.39, 0.29) is 32.4 Å². The number of rotatable bonds is 2. The van der Waals surface area contributed by atoms with E-state index in [9.17, 15) is 14.4 Å². The first-order chi connectivity index (χ1) is 12.5. The number of ether oxygens (including phenoxy) is 1. The Hall–Kier alpha value is -2.27. The zero-order valence-electron chi connectivity index (χ0n) is 14.5. The maximum atomic E-state index is 11.6. The summed E-state index contributed by atoms with van der Waals surface area (Å²) in [5, 5.41) is 0. The lowest BCUT2D eigenvalue weighted by atomic mass is 10.0. The molecule has 2 aromatic rings. The molecule has 0 aromatic heterocycles. The van der Waals surface area contributed by atoms with Gasteiger partial charge in [0.2, 0.25) is 0 Å². The average molecular weight is 447 g/mol. The molecule has 4 nitrogen and oxygen atoms in total. The van der Waals surface area contributed by atoms with Crippen LogP contribution in [0.3, 0.4) is 0 Å². The number of fused-ring (bicyclic) bond motifs is 2. The van der Waals surface area contributed by atoms with Crippen molar-refractivity contribution >= 4 is 33.5 Å². The SMILES string of the molecule is C.C.CCOC(=O)c1cccc2c1CCC2=O.O=C1CCc2c(Br)cccc21. The Bertz CT molecular complexity index is 886. The van der Waals surface area contributed by atoms with Crippen molar-refractivity contribution in [1.82, 2.24) is 0 Å². The standard InChI is InChI=1S/C12H12O3.C9H7BrO.2CH4/c1-2-15-12(14)10-5-3-4-9-8(10)6-7-11(9)13;10-8-3-1-2-7-6(8)4-5-9(7)11;;/h3-5H,2,6-7H2,1H3;1-3H,4-5H2;2*1H4. The topological polar surface area (TPSA) is 60.4 Å². The number of hydrogen-bond donors (Lipinski definition) is 0. The van der Waals surface area contributed by atoms with E-state index in [1.807, 2.05) is 18.2 Å². The number of benzene rings is 2. The highest BCUT2D eigenvalue weighted by molar-refractivity contribution is 9.10. The summed E-state index contributed by atoms with van der Waals surface area (Å²) in [7, 11) is 0.